The van der Waals surface area contributed by atoms with E-state index in [4.69, 9.17) is 21.8 Å². The van der Waals surface area contributed by atoms with Gasteiger partial charge in [-0.25, -0.2) is 4.79 Å². The number of halogens is 1. The van der Waals surface area contributed by atoms with Crippen LogP contribution in [-0.4, -0.2) is 40.4 Å². The predicted octanol–water partition coefficient (Wildman–Crippen LogP) is 5.49. The lowest BCUT2D eigenvalue weighted by atomic mass is 9.88. The highest BCUT2D eigenvalue weighted by molar-refractivity contribution is 6.32. The van der Waals surface area contributed by atoms with Crippen molar-refractivity contribution in [2.45, 2.75) is 33.1 Å². The Bertz CT molecular complexity index is 1240. The molecule has 8 heteroatoms. The molecule has 188 valence electrons. The van der Waals surface area contributed by atoms with Crippen molar-refractivity contribution in [2.75, 3.05) is 6.54 Å². The van der Waals surface area contributed by atoms with Crippen molar-refractivity contribution in [3.63, 3.8) is 0 Å². The molecule has 1 amide bonds. The van der Waals surface area contributed by atoms with E-state index < -0.39 is 17.7 Å². The van der Waals surface area contributed by atoms with E-state index in [-0.39, 0.29) is 25.3 Å². The first-order chi connectivity index (χ1) is 17.2. The lowest BCUT2D eigenvalue weighted by Gasteiger charge is -2.17. The van der Waals surface area contributed by atoms with Gasteiger partial charge in [0.2, 0.25) is 5.78 Å². The van der Waals surface area contributed by atoms with Crippen LogP contribution in [0.4, 0.5) is 0 Å². The fourth-order valence-corrected chi connectivity index (χ4v) is 3.69. The molecule has 0 fully saturated rings. The van der Waals surface area contributed by atoms with Crippen molar-refractivity contribution < 1.29 is 29.4 Å². The number of aliphatic carboxylic acids is 2. The van der Waals surface area contributed by atoms with E-state index in [1.165, 1.54) is 6.92 Å². The summed E-state index contributed by atoms with van der Waals surface area (Å²) in [4.78, 5) is 42.9. The van der Waals surface area contributed by atoms with E-state index in [1.807, 2.05) is 54.6 Å². The average molecular weight is 510 g/mol. The first-order valence-corrected chi connectivity index (χ1v) is 11.8. The second-order valence-corrected chi connectivity index (χ2v) is 8.16. The maximum absolute atomic E-state index is 12.7. The maximum Gasteiger partial charge on any atom is 0.372 e. The van der Waals surface area contributed by atoms with Gasteiger partial charge in [-0.3, -0.25) is 14.4 Å². The molecule has 3 N–H and O–H groups in total. The smallest absolute Gasteiger partial charge is 0.372 e. The fraction of sp³-hybridized carbons (Fsp3) is 0.214. The summed E-state index contributed by atoms with van der Waals surface area (Å²) in [6, 6.07) is 21.2. The molecule has 0 heterocycles. The maximum atomic E-state index is 12.7. The number of nitrogens with one attached hydrogen (secondary N) is 1. The van der Waals surface area contributed by atoms with Crippen LogP contribution in [-0.2, 0) is 20.8 Å². The summed E-state index contributed by atoms with van der Waals surface area (Å²) in [5, 5.41) is 20.0. The standard InChI is InChI=1S/C24H22ClNO3.C4H6O3/c1-2-18-19(16-10-12-17(25)13-11-16)8-5-9-20(18)21-6-3-4-7-22(21)24(29)26-15-14-23(27)28;1-2-3(5)4(6)7/h3-13H,2,14-15H2,1H3,(H,26,29)(H,27,28);2H2,1H3,(H,6,7). The Balaban J connectivity index is 0.000000572. The van der Waals surface area contributed by atoms with Gasteiger partial charge in [-0.15, -0.1) is 0 Å². The van der Waals surface area contributed by atoms with Crippen LogP contribution in [0.2, 0.25) is 5.02 Å². The minimum absolute atomic E-state index is 0.0787. The Morgan fingerprint density at radius 2 is 1.42 bits per heavy atom. The first-order valence-electron chi connectivity index (χ1n) is 11.4. The van der Waals surface area contributed by atoms with Gasteiger partial charge in [-0.2, -0.15) is 0 Å². The third kappa shape index (κ3) is 7.78. The lowest BCUT2D eigenvalue weighted by molar-refractivity contribution is -0.148. The second-order valence-electron chi connectivity index (χ2n) is 7.72. The number of ketones is 1. The van der Waals surface area contributed by atoms with Gasteiger partial charge in [0.05, 0.1) is 6.42 Å². The average Bonchev–Trinajstić information content (AvgIpc) is 2.88. The van der Waals surface area contributed by atoms with Gasteiger partial charge < -0.3 is 15.5 Å². The van der Waals surface area contributed by atoms with E-state index in [1.54, 1.807) is 6.07 Å². The monoisotopic (exact) mass is 509 g/mol. The number of carboxylic acids is 2. The molecule has 0 aromatic heterocycles. The quantitative estimate of drug-likeness (QED) is 0.328. The van der Waals surface area contributed by atoms with Crippen molar-refractivity contribution in [3.05, 3.63) is 82.9 Å². The molecule has 0 spiro atoms. The number of benzene rings is 3. The molecule has 0 aliphatic carbocycles. The molecule has 3 aromatic rings. The molecule has 0 unspecified atom stereocenters. The van der Waals surface area contributed by atoms with E-state index in [9.17, 15) is 19.2 Å². The molecule has 3 aromatic carbocycles. The third-order valence-corrected chi connectivity index (χ3v) is 5.58. The Morgan fingerprint density at radius 3 is 1.97 bits per heavy atom. The molecule has 0 aliphatic rings. The summed E-state index contributed by atoms with van der Waals surface area (Å²) >= 11 is 6.04. The van der Waals surface area contributed by atoms with Gasteiger partial charge in [0.15, 0.2) is 0 Å². The van der Waals surface area contributed by atoms with Crippen LogP contribution in [0.1, 0.15) is 42.6 Å². The minimum atomic E-state index is -1.34. The second kappa shape index (κ2) is 13.8. The van der Waals surface area contributed by atoms with Crippen molar-refractivity contribution in [1.29, 1.82) is 0 Å². The number of amides is 1. The number of carbonyl (C=O) groups excluding carboxylic acids is 2. The van der Waals surface area contributed by atoms with Gasteiger partial charge >= 0.3 is 11.9 Å². The summed E-state index contributed by atoms with van der Waals surface area (Å²) in [7, 11) is 0. The lowest BCUT2D eigenvalue weighted by Crippen LogP contribution is -2.26. The summed E-state index contributed by atoms with van der Waals surface area (Å²) in [6.07, 6.45) is 0.763. The molecule has 3 rings (SSSR count). The first kappa shape index (κ1) is 28.3. The Labute approximate surface area is 214 Å². The van der Waals surface area contributed by atoms with Gasteiger partial charge in [-0.1, -0.05) is 74.0 Å². The van der Waals surface area contributed by atoms with Crippen molar-refractivity contribution >= 4 is 35.2 Å². The van der Waals surface area contributed by atoms with Crippen LogP contribution in [0, 0.1) is 0 Å². The Morgan fingerprint density at radius 1 is 0.806 bits per heavy atom. The van der Waals surface area contributed by atoms with Crippen LogP contribution in [0.3, 0.4) is 0 Å². The number of hydrogen-bond donors (Lipinski definition) is 3. The Kier molecular flexibility index (Phi) is 10.8. The van der Waals surface area contributed by atoms with Crippen molar-refractivity contribution in [1.82, 2.24) is 5.32 Å². The highest BCUT2D eigenvalue weighted by Crippen LogP contribution is 2.35. The molecular formula is C28H28ClNO6. The zero-order valence-corrected chi connectivity index (χ0v) is 20.8. The predicted molar refractivity (Wildman–Crippen MR) is 139 cm³/mol. The highest BCUT2D eigenvalue weighted by Gasteiger charge is 2.17. The van der Waals surface area contributed by atoms with E-state index >= 15 is 0 Å². The fourth-order valence-electron chi connectivity index (χ4n) is 3.57. The van der Waals surface area contributed by atoms with Crippen LogP contribution < -0.4 is 5.32 Å². The number of rotatable bonds is 9. The minimum Gasteiger partial charge on any atom is -0.481 e. The van der Waals surface area contributed by atoms with Gasteiger partial charge in [0.25, 0.3) is 5.91 Å². The Hall–Kier alpha value is -3.97. The van der Waals surface area contributed by atoms with Crippen molar-refractivity contribution in [3.8, 4) is 22.3 Å². The number of carbonyl (C=O) groups is 4. The normalized spacial score (nSPS) is 10.1. The number of Topliss-reactive ketones (excluding diaryl/α,β-unsaturated/α-hetero) is 1. The molecule has 0 bridgehead atoms. The largest absolute Gasteiger partial charge is 0.481 e. The molecule has 0 radical (unpaired) electrons. The number of hydrogen-bond acceptors (Lipinski definition) is 4. The zero-order valence-electron chi connectivity index (χ0n) is 20.1. The van der Waals surface area contributed by atoms with E-state index in [0.717, 1.165) is 34.2 Å². The van der Waals surface area contributed by atoms with Gasteiger partial charge in [0, 0.05) is 23.6 Å². The summed E-state index contributed by atoms with van der Waals surface area (Å²) in [5.74, 6) is -3.30. The molecule has 0 aliphatic heterocycles. The van der Waals surface area contributed by atoms with E-state index in [0.29, 0.717) is 10.6 Å². The summed E-state index contributed by atoms with van der Waals surface area (Å²) < 4.78 is 0. The summed E-state index contributed by atoms with van der Waals surface area (Å²) in [5.41, 5.74) is 5.65. The van der Waals surface area contributed by atoms with Crippen LogP contribution in [0.15, 0.2) is 66.7 Å². The van der Waals surface area contributed by atoms with Crippen LogP contribution >= 0.6 is 11.6 Å². The SMILES string of the molecule is CCC(=O)C(=O)O.CCc1c(-c2ccc(Cl)cc2)cccc1-c1ccccc1C(=O)NCCC(=O)O. The van der Waals surface area contributed by atoms with Crippen LogP contribution in [0.5, 0.6) is 0 Å². The molecule has 36 heavy (non-hydrogen) atoms. The van der Waals surface area contributed by atoms with E-state index in [2.05, 4.69) is 18.3 Å². The molecule has 0 saturated heterocycles. The molecule has 7 nitrogen and oxygen atoms in total. The van der Waals surface area contributed by atoms with Crippen LogP contribution in [0.25, 0.3) is 22.3 Å². The number of carboxylic acid groups (broad SMARTS) is 2. The zero-order chi connectivity index (χ0) is 26.7. The van der Waals surface area contributed by atoms with Crippen molar-refractivity contribution in [2.24, 2.45) is 0 Å². The summed E-state index contributed by atoms with van der Waals surface area (Å²) in [6.45, 7) is 3.69. The molecule has 0 saturated carbocycles. The molecule has 0 atom stereocenters. The van der Waals surface area contributed by atoms with Gasteiger partial charge in [0.1, 0.15) is 0 Å². The van der Waals surface area contributed by atoms with Gasteiger partial charge in [-0.05, 0) is 52.4 Å². The topological polar surface area (TPSA) is 121 Å². The third-order valence-electron chi connectivity index (χ3n) is 5.33. The molecular weight excluding hydrogens is 482 g/mol. The highest BCUT2D eigenvalue weighted by atomic mass is 35.5.